The predicted molar refractivity (Wildman–Crippen MR) is 114 cm³/mol. The van der Waals surface area contributed by atoms with E-state index >= 15 is 0 Å². The highest BCUT2D eigenvalue weighted by atomic mass is 16.5. The monoisotopic (exact) mass is 379 g/mol. The van der Waals surface area contributed by atoms with Crippen molar-refractivity contribution < 1.29 is 4.74 Å². The van der Waals surface area contributed by atoms with Gasteiger partial charge in [0, 0.05) is 11.8 Å². The second-order valence-corrected chi connectivity index (χ2v) is 7.58. The van der Waals surface area contributed by atoms with Gasteiger partial charge in [0.2, 0.25) is 0 Å². The Bertz CT molecular complexity index is 1070. The first kappa shape index (κ1) is 20.1. The quantitative estimate of drug-likeness (QED) is 0.633. The molecule has 0 saturated heterocycles. The van der Waals surface area contributed by atoms with Gasteiger partial charge in [-0.25, -0.2) is 9.97 Å². The van der Waals surface area contributed by atoms with E-state index in [1.807, 2.05) is 26.8 Å². The number of nitrogens with zero attached hydrogens (tertiary/aromatic N) is 3. The zero-order chi connectivity index (χ0) is 20.6. The summed E-state index contributed by atoms with van der Waals surface area (Å²) in [4.78, 5) is 22.4. The van der Waals surface area contributed by atoms with Gasteiger partial charge < -0.3 is 4.74 Å². The molecular formula is C23H29N3O2. The van der Waals surface area contributed by atoms with Crippen molar-refractivity contribution in [1.82, 2.24) is 14.5 Å². The third-order valence-corrected chi connectivity index (χ3v) is 5.13. The molecule has 0 N–H and O–H groups in total. The van der Waals surface area contributed by atoms with Crippen LogP contribution in [0.15, 0.2) is 23.0 Å². The molecule has 5 heteroatoms. The first-order valence-corrected chi connectivity index (χ1v) is 9.92. The molecule has 0 unspecified atom stereocenters. The Morgan fingerprint density at radius 3 is 2.14 bits per heavy atom. The van der Waals surface area contributed by atoms with Crippen LogP contribution in [0.4, 0.5) is 0 Å². The minimum Gasteiger partial charge on any atom is -0.488 e. The Hall–Kier alpha value is -2.69. The van der Waals surface area contributed by atoms with Gasteiger partial charge in [0.15, 0.2) is 11.4 Å². The van der Waals surface area contributed by atoms with Gasteiger partial charge in [-0.3, -0.25) is 9.36 Å². The molecule has 28 heavy (non-hydrogen) atoms. The number of hydrogen-bond donors (Lipinski definition) is 0. The van der Waals surface area contributed by atoms with E-state index in [-0.39, 0.29) is 11.7 Å². The highest BCUT2D eigenvalue weighted by Crippen LogP contribution is 2.29. The summed E-state index contributed by atoms with van der Waals surface area (Å²) >= 11 is 0. The largest absolute Gasteiger partial charge is 0.488 e. The summed E-state index contributed by atoms with van der Waals surface area (Å²) in [5.41, 5.74) is 6.40. The molecule has 0 radical (unpaired) electrons. The van der Waals surface area contributed by atoms with Crippen molar-refractivity contribution in [3.8, 4) is 11.4 Å². The number of ether oxygens (including phenoxy) is 1. The molecule has 5 nitrogen and oxygen atoms in total. The molecule has 3 rings (SSSR count). The normalized spacial score (nSPS) is 11.4. The van der Waals surface area contributed by atoms with Gasteiger partial charge >= 0.3 is 0 Å². The molecule has 0 aliphatic heterocycles. The van der Waals surface area contributed by atoms with Crippen LogP contribution in [-0.2, 0) is 0 Å². The molecule has 0 bridgehead atoms. The van der Waals surface area contributed by atoms with Crippen LogP contribution in [0.3, 0.4) is 0 Å². The van der Waals surface area contributed by atoms with Crippen molar-refractivity contribution in [2.45, 2.75) is 67.4 Å². The number of rotatable bonds is 5. The van der Waals surface area contributed by atoms with E-state index in [0.717, 1.165) is 35.3 Å². The van der Waals surface area contributed by atoms with Gasteiger partial charge in [-0.15, -0.1) is 0 Å². The fourth-order valence-electron chi connectivity index (χ4n) is 3.81. The van der Waals surface area contributed by atoms with Crippen LogP contribution in [-0.4, -0.2) is 20.6 Å². The van der Waals surface area contributed by atoms with E-state index in [2.05, 4.69) is 37.9 Å². The molecule has 1 aromatic carbocycles. The Kier molecular flexibility index (Phi) is 5.54. The van der Waals surface area contributed by atoms with Crippen molar-refractivity contribution in [3.05, 3.63) is 56.6 Å². The van der Waals surface area contributed by atoms with E-state index in [0.29, 0.717) is 22.6 Å². The maximum absolute atomic E-state index is 13.1. The summed E-state index contributed by atoms with van der Waals surface area (Å²) in [5.74, 6) is 0.690. The SMILES string of the molecule is CCC(CC)Oc1cc(C)nc2c1nc(C)c(=O)n2-c1c(C)cc(C)cc1C. The smallest absolute Gasteiger partial charge is 0.278 e. The Labute approximate surface area is 166 Å². The predicted octanol–water partition coefficient (Wildman–Crippen LogP) is 4.89. The molecule has 0 aliphatic rings. The molecule has 0 aliphatic carbocycles. The lowest BCUT2D eigenvalue weighted by Gasteiger charge is -2.20. The Morgan fingerprint density at radius 2 is 1.57 bits per heavy atom. The molecule has 148 valence electrons. The minimum atomic E-state index is -0.144. The van der Waals surface area contributed by atoms with E-state index < -0.39 is 0 Å². The summed E-state index contributed by atoms with van der Waals surface area (Å²) in [7, 11) is 0. The van der Waals surface area contributed by atoms with Gasteiger partial charge in [0.05, 0.1) is 11.8 Å². The second-order valence-electron chi connectivity index (χ2n) is 7.58. The van der Waals surface area contributed by atoms with Gasteiger partial charge in [0.1, 0.15) is 11.2 Å². The lowest BCUT2D eigenvalue weighted by atomic mass is 10.0. The average molecular weight is 380 g/mol. The number of aryl methyl sites for hydroxylation is 5. The third-order valence-electron chi connectivity index (χ3n) is 5.13. The first-order valence-electron chi connectivity index (χ1n) is 9.92. The van der Waals surface area contributed by atoms with Crippen LogP contribution < -0.4 is 10.3 Å². The lowest BCUT2D eigenvalue weighted by Crippen LogP contribution is -2.25. The molecule has 0 fully saturated rings. The molecule has 0 saturated carbocycles. The average Bonchev–Trinajstić information content (AvgIpc) is 2.62. The van der Waals surface area contributed by atoms with Crippen LogP contribution in [0.25, 0.3) is 16.9 Å². The molecule has 0 amide bonds. The zero-order valence-electron chi connectivity index (χ0n) is 17.9. The summed E-state index contributed by atoms with van der Waals surface area (Å²) in [6.07, 6.45) is 1.93. The molecular weight excluding hydrogens is 350 g/mol. The van der Waals surface area contributed by atoms with Gasteiger partial charge in [-0.2, -0.15) is 0 Å². The van der Waals surface area contributed by atoms with Crippen LogP contribution in [0.5, 0.6) is 5.75 Å². The fourth-order valence-corrected chi connectivity index (χ4v) is 3.81. The van der Waals surface area contributed by atoms with E-state index in [1.54, 1.807) is 11.5 Å². The minimum absolute atomic E-state index is 0.107. The summed E-state index contributed by atoms with van der Waals surface area (Å²) in [5, 5.41) is 0. The number of fused-ring (bicyclic) bond motifs is 1. The molecule has 2 aromatic heterocycles. The topological polar surface area (TPSA) is 57.0 Å². The van der Waals surface area contributed by atoms with Crippen molar-refractivity contribution in [2.75, 3.05) is 0 Å². The highest BCUT2D eigenvalue weighted by Gasteiger charge is 2.19. The molecule has 3 aromatic rings. The number of benzene rings is 1. The van der Waals surface area contributed by atoms with Gasteiger partial charge in [0.25, 0.3) is 5.56 Å². The lowest BCUT2D eigenvalue weighted by molar-refractivity contribution is 0.195. The maximum atomic E-state index is 13.1. The Morgan fingerprint density at radius 1 is 0.964 bits per heavy atom. The molecule has 2 heterocycles. The van der Waals surface area contributed by atoms with Crippen molar-refractivity contribution in [1.29, 1.82) is 0 Å². The van der Waals surface area contributed by atoms with Gasteiger partial charge in [-0.1, -0.05) is 31.5 Å². The molecule has 0 atom stereocenters. The second kappa shape index (κ2) is 7.74. The van der Waals surface area contributed by atoms with Crippen molar-refractivity contribution in [2.24, 2.45) is 0 Å². The van der Waals surface area contributed by atoms with Crippen LogP contribution >= 0.6 is 0 Å². The highest BCUT2D eigenvalue weighted by molar-refractivity contribution is 5.80. The van der Waals surface area contributed by atoms with Crippen LogP contribution in [0.2, 0.25) is 0 Å². The fraction of sp³-hybridized carbons (Fsp3) is 0.435. The summed E-state index contributed by atoms with van der Waals surface area (Å²) in [6, 6.07) is 6.10. The van der Waals surface area contributed by atoms with Gasteiger partial charge in [-0.05, 0) is 58.6 Å². The zero-order valence-corrected chi connectivity index (χ0v) is 17.9. The molecule has 0 spiro atoms. The van der Waals surface area contributed by atoms with E-state index in [1.165, 1.54) is 5.56 Å². The first-order chi connectivity index (χ1) is 13.3. The standard InChI is InChI=1S/C23H29N3O2/c1-8-18(9-2)28-19-12-16(6)24-22-20(19)25-17(7)23(27)26(22)21-14(4)10-13(3)11-15(21)5/h10-12,18H,8-9H2,1-7H3. The maximum Gasteiger partial charge on any atom is 0.278 e. The van der Waals surface area contributed by atoms with Crippen LogP contribution in [0, 0.1) is 34.6 Å². The number of pyridine rings is 1. The number of aromatic nitrogens is 3. The summed E-state index contributed by atoms with van der Waals surface area (Å²) in [6.45, 7) is 14.0. The van der Waals surface area contributed by atoms with Crippen molar-refractivity contribution in [3.63, 3.8) is 0 Å². The summed E-state index contributed by atoms with van der Waals surface area (Å²) < 4.78 is 7.96. The van der Waals surface area contributed by atoms with Crippen LogP contribution in [0.1, 0.15) is 54.8 Å². The van der Waals surface area contributed by atoms with Crippen molar-refractivity contribution >= 4 is 11.2 Å². The van der Waals surface area contributed by atoms with E-state index in [9.17, 15) is 4.79 Å². The van der Waals surface area contributed by atoms with E-state index in [4.69, 9.17) is 9.72 Å². The number of hydrogen-bond acceptors (Lipinski definition) is 4. The Balaban J connectivity index is 2.40. The third kappa shape index (κ3) is 3.53.